The van der Waals surface area contributed by atoms with E-state index in [0.717, 1.165) is 38.5 Å². The molecule has 1 aliphatic heterocycles. The molecule has 1 heterocycles. The van der Waals surface area contributed by atoms with Crippen LogP contribution in [0.5, 0.6) is 0 Å². The van der Waals surface area contributed by atoms with Crippen LogP contribution in [0, 0.1) is 5.92 Å². The van der Waals surface area contributed by atoms with E-state index in [4.69, 9.17) is 0 Å². The van der Waals surface area contributed by atoms with Gasteiger partial charge in [-0.15, -0.1) is 0 Å². The quantitative estimate of drug-likeness (QED) is 0.832. The lowest BCUT2D eigenvalue weighted by atomic mass is 9.92. The van der Waals surface area contributed by atoms with Gasteiger partial charge in [0.05, 0.1) is 0 Å². The molecule has 5 heteroatoms. The van der Waals surface area contributed by atoms with Crippen molar-refractivity contribution in [2.24, 2.45) is 5.92 Å². The molecule has 0 unspecified atom stereocenters. The average Bonchev–Trinajstić information content (AvgIpc) is 2.63. The van der Waals surface area contributed by atoms with Crippen molar-refractivity contribution in [3.63, 3.8) is 0 Å². The molecule has 0 spiro atoms. The first kappa shape index (κ1) is 17.6. The maximum atomic E-state index is 12.4. The molecule has 1 saturated heterocycles. The zero-order valence-corrected chi connectivity index (χ0v) is 14.9. The maximum Gasteiger partial charge on any atom is 0.317 e. The van der Waals surface area contributed by atoms with Crippen LogP contribution in [0.2, 0.25) is 0 Å². The summed E-state index contributed by atoms with van der Waals surface area (Å²) in [6.07, 6.45) is 13.7. The Labute approximate surface area is 145 Å². The first-order valence-corrected chi connectivity index (χ1v) is 10.1. The number of nitrogens with one attached hydrogen (secondary N) is 2. The van der Waals surface area contributed by atoms with E-state index in [0.29, 0.717) is 25.2 Å². The minimum atomic E-state index is 0.0769. The molecular formula is C19H33N3O2. The second-order valence-electron chi connectivity index (χ2n) is 7.89. The fourth-order valence-electron chi connectivity index (χ4n) is 4.42. The molecule has 2 aliphatic carbocycles. The maximum absolute atomic E-state index is 12.4. The minimum Gasteiger partial charge on any atom is -0.353 e. The van der Waals surface area contributed by atoms with Gasteiger partial charge in [-0.25, -0.2) is 4.79 Å². The fraction of sp³-hybridized carbons (Fsp3) is 0.895. The number of hydrogen-bond donors (Lipinski definition) is 2. The minimum absolute atomic E-state index is 0.0769. The SMILES string of the molecule is O=C(NC1CCCCC1)C1CCN(C(=O)NC2CCCCC2)CC1. The predicted octanol–water partition coefficient (Wildman–Crippen LogP) is 3.19. The second-order valence-corrected chi connectivity index (χ2v) is 7.89. The molecule has 0 atom stereocenters. The van der Waals surface area contributed by atoms with Gasteiger partial charge < -0.3 is 15.5 Å². The topological polar surface area (TPSA) is 61.4 Å². The number of likely N-dealkylation sites (tertiary alicyclic amines) is 1. The van der Waals surface area contributed by atoms with Crippen LogP contribution < -0.4 is 10.6 Å². The molecule has 3 rings (SSSR count). The molecule has 0 bridgehead atoms. The van der Waals surface area contributed by atoms with E-state index in [2.05, 4.69) is 10.6 Å². The Morgan fingerprint density at radius 2 is 1.17 bits per heavy atom. The van der Waals surface area contributed by atoms with Gasteiger partial charge in [-0.2, -0.15) is 0 Å². The lowest BCUT2D eigenvalue weighted by Crippen LogP contribution is -2.50. The Bertz CT molecular complexity index is 380. The Hall–Kier alpha value is -1.26. The van der Waals surface area contributed by atoms with Gasteiger partial charge >= 0.3 is 6.03 Å². The standard InChI is InChI=1S/C19H33N3O2/c23-18(20-16-7-3-1-4-8-16)15-11-13-22(14-12-15)19(24)21-17-9-5-2-6-10-17/h15-17H,1-14H2,(H,20,23)(H,21,24). The predicted molar refractivity (Wildman–Crippen MR) is 94.7 cm³/mol. The number of amides is 3. The summed E-state index contributed by atoms with van der Waals surface area (Å²) in [6, 6.07) is 0.825. The first-order chi connectivity index (χ1) is 11.7. The number of nitrogens with zero attached hydrogens (tertiary/aromatic N) is 1. The molecule has 0 radical (unpaired) electrons. The van der Waals surface area contributed by atoms with Crippen molar-refractivity contribution in [2.45, 2.75) is 89.1 Å². The monoisotopic (exact) mass is 335 g/mol. The van der Waals surface area contributed by atoms with Crippen molar-refractivity contribution < 1.29 is 9.59 Å². The van der Waals surface area contributed by atoms with E-state index in [1.807, 2.05) is 4.90 Å². The highest BCUT2D eigenvalue weighted by Gasteiger charge is 2.29. The number of rotatable bonds is 3. The van der Waals surface area contributed by atoms with Crippen molar-refractivity contribution in [3.05, 3.63) is 0 Å². The molecular weight excluding hydrogens is 302 g/mol. The number of carbonyl (C=O) groups is 2. The zero-order valence-electron chi connectivity index (χ0n) is 14.9. The highest BCUT2D eigenvalue weighted by molar-refractivity contribution is 5.80. The van der Waals surface area contributed by atoms with Crippen molar-refractivity contribution in [2.75, 3.05) is 13.1 Å². The van der Waals surface area contributed by atoms with Crippen molar-refractivity contribution in [1.82, 2.24) is 15.5 Å². The van der Waals surface area contributed by atoms with Gasteiger partial charge in [-0.05, 0) is 38.5 Å². The molecule has 136 valence electrons. The van der Waals surface area contributed by atoms with Crippen LogP contribution in [0.25, 0.3) is 0 Å². The fourth-order valence-corrected chi connectivity index (χ4v) is 4.42. The van der Waals surface area contributed by atoms with Crippen molar-refractivity contribution in [3.8, 4) is 0 Å². The van der Waals surface area contributed by atoms with E-state index in [9.17, 15) is 9.59 Å². The molecule has 24 heavy (non-hydrogen) atoms. The summed E-state index contributed by atoms with van der Waals surface area (Å²) in [5.41, 5.74) is 0. The Balaban J connectivity index is 1.38. The third-order valence-electron chi connectivity index (χ3n) is 6.04. The van der Waals surface area contributed by atoms with Crippen molar-refractivity contribution >= 4 is 11.9 Å². The highest BCUT2D eigenvalue weighted by Crippen LogP contribution is 2.22. The molecule has 2 N–H and O–H groups in total. The van der Waals surface area contributed by atoms with Crippen LogP contribution in [-0.4, -0.2) is 42.0 Å². The smallest absolute Gasteiger partial charge is 0.317 e. The van der Waals surface area contributed by atoms with Crippen LogP contribution in [0.4, 0.5) is 4.79 Å². The number of urea groups is 1. The highest BCUT2D eigenvalue weighted by atomic mass is 16.2. The van der Waals surface area contributed by atoms with Crippen LogP contribution in [0.1, 0.15) is 77.0 Å². The number of carbonyl (C=O) groups excluding carboxylic acids is 2. The third kappa shape index (κ3) is 4.87. The molecule has 2 saturated carbocycles. The number of hydrogen-bond acceptors (Lipinski definition) is 2. The Kier molecular flexibility index (Phi) is 6.38. The van der Waals surface area contributed by atoms with Gasteiger partial charge in [0.25, 0.3) is 0 Å². The van der Waals surface area contributed by atoms with Crippen LogP contribution in [0.15, 0.2) is 0 Å². The molecule has 0 aromatic carbocycles. The van der Waals surface area contributed by atoms with Crippen LogP contribution >= 0.6 is 0 Å². The summed E-state index contributed by atoms with van der Waals surface area (Å²) >= 11 is 0. The van der Waals surface area contributed by atoms with E-state index in [-0.39, 0.29) is 17.9 Å². The average molecular weight is 335 g/mol. The Morgan fingerprint density at radius 1 is 0.667 bits per heavy atom. The first-order valence-electron chi connectivity index (χ1n) is 10.1. The molecule has 0 aromatic heterocycles. The summed E-state index contributed by atoms with van der Waals surface area (Å²) < 4.78 is 0. The van der Waals surface area contributed by atoms with Crippen LogP contribution in [0.3, 0.4) is 0 Å². The van der Waals surface area contributed by atoms with Gasteiger partial charge in [-0.1, -0.05) is 38.5 Å². The molecule has 3 amide bonds. The summed E-state index contributed by atoms with van der Waals surface area (Å²) in [5.74, 6) is 0.305. The van der Waals surface area contributed by atoms with E-state index in [1.165, 1.54) is 38.5 Å². The van der Waals surface area contributed by atoms with Gasteiger partial charge in [0.2, 0.25) is 5.91 Å². The zero-order chi connectivity index (χ0) is 16.8. The van der Waals surface area contributed by atoms with Gasteiger partial charge in [-0.3, -0.25) is 4.79 Å². The molecule has 0 aromatic rings. The van der Waals surface area contributed by atoms with E-state index >= 15 is 0 Å². The van der Waals surface area contributed by atoms with E-state index in [1.54, 1.807) is 0 Å². The van der Waals surface area contributed by atoms with Gasteiger partial charge in [0.15, 0.2) is 0 Å². The van der Waals surface area contributed by atoms with Crippen LogP contribution in [-0.2, 0) is 4.79 Å². The largest absolute Gasteiger partial charge is 0.353 e. The molecule has 5 nitrogen and oxygen atoms in total. The van der Waals surface area contributed by atoms with Gasteiger partial charge in [0, 0.05) is 31.1 Å². The molecule has 3 fully saturated rings. The Morgan fingerprint density at radius 3 is 1.71 bits per heavy atom. The lowest BCUT2D eigenvalue weighted by Gasteiger charge is -2.34. The van der Waals surface area contributed by atoms with Gasteiger partial charge in [0.1, 0.15) is 0 Å². The normalized spacial score (nSPS) is 24.6. The van der Waals surface area contributed by atoms with E-state index < -0.39 is 0 Å². The number of piperidine rings is 1. The summed E-state index contributed by atoms with van der Waals surface area (Å²) in [6.45, 7) is 1.42. The summed E-state index contributed by atoms with van der Waals surface area (Å²) in [4.78, 5) is 26.7. The lowest BCUT2D eigenvalue weighted by molar-refractivity contribution is -0.127. The third-order valence-corrected chi connectivity index (χ3v) is 6.04. The summed E-state index contributed by atoms with van der Waals surface area (Å²) in [5, 5.41) is 6.43. The van der Waals surface area contributed by atoms with Crippen molar-refractivity contribution in [1.29, 1.82) is 0 Å². The second kappa shape index (κ2) is 8.72. The summed E-state index contributed by atoms with van der Waals surface area (Å²) in [7, 11) is 0. The molecule has 3 aliphatic rings.